The van der Waals surface area contributed by atoms with E-state index in [-0.39, 0.29) is 0 Å². The molecule has 1 aliphatic heterocycles. The summed E-state index contributed by atoms with van der Waals surface area (Å²) in [6.45, 7) is 8.94. The standard InChI is InChI=1S/C24H29N5O3/c1-15-21(23(25)30)12-26-24(27-15)19-8-10-29(11-9-19)13-18-4-6-20(7-5-18)31-14-22-16(2)28-32-17(22)3/h4-7,12,19H,8-11,13-14H2,1-3H3,(H2,25,30). The molecule has 0 spiro atoms. The maximum absolute atomic E-state index is 11.4. The maximum atomic E-state index is 11.4. The lowest BCUT2D eigenvalue weighted by atomic mass is 9.95. The summed E-state index contributed by atoms with van der Waals surface area (Å²) < 4.78 is 11.1. The number of likely N-dealkylation sites (tertiary alicyclic amines) is 1. The van der Waals surface area contributed by atoms with Crippen molar-refractivity contribution in [3.63, 3.8) is 0 Å². The summed E-state index contributed by atoms with van der Waals surface area (Å²) in [5, 5.41) is 3.96. The van der Waals surface area contributed by atoms with Crippen LogP contribution < -0.4 is 10.5 Å². The molecular formula is C24H29N5O3. The molecule has 4 rings (SSSR count). The lowest BCUT2D eigenvalue weighted by Gasteiger charge is -2.31. The highest BCUT2D eigenvalue weighted by Crippen LogP contribution is 2.27. The van der Waals surface area contributed by atoms with Crippen LogP contribution in [0.25, 0.3) is 0 Å². The van der Waals surface area contributed by atoms with Crippen LogP contribution >= 0.6 is 0 Å². The van der Waals surface area contributed by atoms with Gasteiger partial charge in [-0.05, 0) is 64.4 Å². The average molecular weight is 436 g/mol. The highest BCUT2D eigenvalue weighted by molar-refractivity contribution is 5.93. The van der Waals surface area contributed by atoms with Gasteiger partial charge in [-0.25, -0.2) is 9.97 Å². The highest BCUT2D eigenvalue weighted by Gasteiger charge is 2.23. The quantitative estimate of drug-likeness (QED) is 0.606. The predicted molar refractivity (Wildman–Crippen MR) is 119 cm³/mol. The predicted octanol–water partition coefficient (Wildman–Crippen LogP) is 3.45. The van der Waals surface area contributed by atoms with Gasteiger partial charge in [0.25, 0.3) is 5.91 Å². The number of piperidine rings is 1. The summed E-state index contributed by atoms with van der Waals surface area (Å²) in [6.07, 6.45) is 3.55. The lowest BCUT2D eigenvalue weighted by Crippen LogP contribution is -2.33. The molecule has 8 nitrogen and oxygen atoms in total. The number of hydrogen-bond donors (Lipinski definition) is 1. The molecule has 3 heterocycles. The van der Waals surface area contributed by atoms with Crippen LogP contribution in [0, 0.1) is 20.8 Å². The van der Waals surface area contributed by atoms with Gasteiger partial charge in [-0.3, -0.25) is 9.69 Å². The van der Waals surface area contributed by atoms with Gasteiger partial charge in [0, 0.05) is 18.7 Å². The summed E-state index contributed by atoms with van der Waals surface area (Å²) in [7, 11) is 0. The molecule has 1 fully saturated rings. The smallest absolute Gasteiger partial charge is 0.252 e. The van der Waals surface area contributed by atoms with Gasteiger partial charge in [-0.15, -0.1) is 0 Å². The van der Waals surface area contributed by atoms with Crippen molar-refractivity contribution in [2.75, 3.05) is 13.1 Å². The minimum absolute atomic E-state index is 0.312. The number of hydrogen-bond acceptors (Lipinski definition) is 7. The Kier molecular flexibility index (Phi) is 6.50. The third-order valence-corrected chi connectivity index (χ3v) is 6.11. The highest BCUT2D eigenvalue weighted by atomic mass is 16.5. The van der Waals surface area contributed by atoms with Crippen LogP contribution in [0.3, 0.4) is 0 Å². The van der Waals surface area contributed by atoms with E-state index in [9.17, 15) is 4.79 Å². The van der Waals surface area contributed by atoms with Crippen molar-refractivity contribution in [2.45, 2.75) is 52.7 Å². The molecule has 0 unspecified atom stereocenters. The molecule has 0 aliphatic carbocycles. The molecule has 3 aromatic rings. The summed E-state index contributed by atoms with van der Waals surface area (Å²) in [5.74, 6) is 2.27. The number of primary amides is 1. The summed E-state index contributed by atoms with van der Waals surface area (Å²) in [5.41, 5.74) is 9.53. The largest absolute Gasteiger partial charge is 0.489 e. The molecule has 168 valence electrons. The molecule has 1 aromatic carbocycles. The van der Waals surface area contributed by atoms with E-state index in [0.29, 0.717) is 23.8 Å². The van der Waals surface area contributed by atoms with Gasteiger partial charge in [0.05, 0.1) is 22.5 Å². The average Bonchev–Trinajstić information content (AvgIpc) is 3.11. The van der Waals surface area contributed by atoms with E-state index < -0.39 is 5.91 Å². The van der Waals surface area contributed by atoms with Crippen molar-refractivity contribution in [3.05, 3.63) is 70.1 Å². The van der Waals surface area contributed by atoms with Crippen LogP contribution in [0.2, 0.25) is 0 Å². The van der Waals surface area contributed by atoms with E-state index >= 15 is 0 Å². The Morgan fingerprint density at radius 3 is 2.47 bits per heavy atom. The monoisotopic (exact) mass is 435 g/mol. The van der Waals surface area contributed by atoms with E-state index in [1.165, 1.54) is 5.56 Å². The number of nitrogens with zero attached hydrogens (tertiary/aromatic N) is 4. The molecule has 1 aliphatic rings. The van der Waals surface area contributed by atoms with E-state index in [2.05, 4.69) is 32.2 Å². The first kappa shape index (κ1) is 22.0. The Morgan fingerprint density at radius 2 is 1.88 bits per heavy atom. The van der Waals surface area contributed by atoms with Gasteiger partial charge in [0.1, 0.15) is 23.9 Å². The molecule has 0 saturated carbocycles. The van der Waals surface area contributed by atoms with Crippen molar-refractivity contribution in [3.8, 4) is 5.75 Å². The number of carbonyl (C=O) groups excluding carboxylic acids is 1. The molecule has 2 N–H and O–H groups in total. The van der Waals surface area contributed by atoms with Crippen molar-refractivity contribution >= 4 is 5.91 Å². The Bertz CT molecular complexity index is 1070. The second-order valence-electron chi connectivity index (χ2n) is 8.38. The molecule has 2 aromatic heterocycles. The van der Waals surface area contributed by atoms with E-state index in [1.54, 1.807) is 6.20 Å². The van der Waals surface area contributed by atoms with Crippen LogP contribution in [0.5, 0.6) is 5.75 Å². The zero-order valence-electron chi connectivity index (χ0n) is 18.8. The first-order chi connectivity index (χ1) is 15.4. The van der Waals surface area contributed by atoms with Crippen molar-refractivity contribution in [1.29, 1.82) is 0 Å². The lowest BCUT2D eigenvalue weighted by molar-refractivity contribution is 0.0998. The van der Waals surface area contributed by atoms with Crippen LogP contribution in [0.4, 0.5) is 0 Å². The molecule has 8 heteroatoms. The van der Waals surface area contributed by atoms with Crippen LogP contribution in [-0.2, 0) is 13.2 Å². The number of carbonyl (C=O) groups is 1. The SMILES string of the molecule is Cc1nc(C2CCN(Cc3ccc(OCc4c(C)noc4C)cc3)CC2)ncc1C(N)=O. The van der Waals surface area contributed by atoms with Crippen LogP contribution in [0.15, 0.2) is 35.0 Å². The first-order valence-electron chi connectivity index (χ1n) is 10.9. The second kappa shape index (κ2) is 9.48. The van der Waals surface area contributed by atoms with Crippen molar-refractivity contribution in [1.82, 2.24) is 20.0 Å². The molecule has 0 radical (unpaired) electrons. The minimum atomic E-state index is -0.482. The summed E-state index contributed by atoms with van der Waals surface area (Å²) in [4.78, 5) is 22.8. The van der Waals surface area contributed by atoms with Crippen LogP contribution in [-0.4, -0.2) is 39.0 Å². The summed E-state index contributed by atoms with van der Waals surface area (Å²) >= 11 is 0. The number of amides is 1. The molecular weight excluding hydrogens is 406 g/mol. The Hall–Kier alpha value is -3.26. The molecule has 0 atom stereocenters. The second-order valence-corrected chi connectivity index (χ2v) is 8.38. The van der Waals surface area contributed by atoms with Gasteiger partial charge in [-0.1, -0.05) is 17.3 Å². The molecule has 32 heavy (non-hydrogen) atoms. The topological polar surface area (TPSA) is 107 Å². The third kappa shape index (κ3) is 4.96. The zero-order chi connectivity index (χ0) is 22.7. The minimum Gasteiger partial charge on any atom is -0.489 e. The molecule has 1 amide bonds. The number of nitrogens with two attached hydrogens (primary N) is 1. The van der Waals surface area contributed by atoms with E-state index in [4.69, 9.17) is 15.0 Å². The number of aryl methyl sites for hydroxylation is 3. The van der Waals surface area contributed by atoms with Gasteiger partial charge >= 0.3 is 0 Å². The Morgan fingerprint density at radius 1 is 1.16 bits per heavy atom. The van der Waals surface area contributed by atoms with Crippen molar-refractivity contribution in [2.24, 2.45) is 5.73 Å². The fourth-order valence-electron chi connectivity index (χ4n) is 4.09. The van der Waals surface area contributed by atoms with Gasteiger partial charge in [0.15, 0.2) is 0 Å². The number of rotatable bonds is 7. The fraction of sp³-hybridized carbons (Fsp3) is 0.417. The van der Waals surface area contributed by atoms with Crippen LogP contribution in [0.1, 0.15) is 63.2 Å². The fourth-order valence-corrected chi connectivity index (χ4v) is 4.09. The summed E-state index contributed by atoms with van der Waals surface area (Å²) in [6, 6.07) is 8.25. The van der Waals surface area contributed by atoms with E-state index in [1.807, 2.05) is 32.9 Å². The molecule has 1 saturated heterocycles. The number of aromatic nitrogens is 3. The number of ether oxygens (including phenoxy) is 1. The maximum Gasteiger partial charge on any atom is 0.252 e. The zero-order valence-corrected chi connectivity index (χ0v) is 18.8. The third-order valence-electron chi connectivity index (χ3n) is 6.11. The Labute approximate surface area is 187 Å². The number of benzene rings is 1. The van der Waals surface area contributed by atoms with E-state index in [0.717, 1.165) is 61.1 Å². The first-order valence-corrected chi connectivity index (χ1v) is 10.9. The Balaban J connectivity index is 1.28. The van der Waals surface area contributed by atoms with Crippen molar-refractivity contribution < 1.29 is 14.1 Å². The molecule has 0 bridgehead atoms. The van der Waals surface area contributed by atoms with Gasteiger partial charge in [0.2, 0.25) is 0 Å². The normalized spacial score (nSPS) is 15.1. The van der Waals surface area contributed by atoms with Gasteiger partial charge in [-0.2, -0.15) is 0 Å². The van der Waals surface area contributed by atoms with Gasteiger partial charge < -0.3 is 15.0 Å².